The van der Waals surface area contributed by atoms with E-state index >= 15 is 0 Å². The molecule has 4 aromatic rings. The van der Waals surface area contributed by atoms with Crippen LogP contribution in [0.25, 0.3) is 22.4 Å². The second-order valence-electron chi connectivity index (χ2n) is 7.60. The Hall–Kier alpha value is -3.02. The van der Waals surface area contributed by atoms with Gasteiger partial charge in [-0.15, -0.1) is 0 Å². The first-order valence-electron chi connectivity index (χ1n) is 10.9. The van der Waals surface area contributed by atoms with E-state index in [2.05, 4.69) is 47.9 Å². The van der Waals surface area contributed by atoms with Crippen molar-refractivity contribution < 1.29 is 13.9 Å². The molecule has 0 spiro atoms. The summed E-state index contributed by atoms with van der Waals surface area (Å²) in [5, 5.41) is 1.11. The maximum atomic E-state index is 6.07. The van der Waals surface area contributed by atoms with Gasteiger partial charge < -0.3 is 24.2 Å². The van der Waals surface area contributed by atoms with Crippen molar-refractivity contribution in [3.63, 3.8) is 0 Å². The molecule has 0 amide bonds. The zero-order chi connectivity index (χ0) is 21.6. The van der Waals surface area contributed by atoms with Crippen LogP contribution in [0.4, 0.5) is 0 Å². The number of aryl methyl sites for hydroxylation is 1. The van der Waals surface area contributed by atoms with Crippen molar-refractivity contribution in [1.29, 1.82) is 0 Å². The van der Waals surface area contributed by atoms with Crippen LogP contribution in [0.2, 0.25) is 0 Å². The summed E-state index contributed by atoms with van der Waals surface area (Å²) in [5.41, 5.74) is 9.99. The predicted octanol–water partition coefficient (Wildman–Crippen LogP) is 5.72. The van der Waals surface area contributed by atoms with E-state index in [0.717, 1.165) is 46.7 Å². The average Bonchev–Trinajstić information content (AvgIpc) is 3.37. The maximum Gasteiger partial charge on any atom is 0.151 e. The Bertz CT molecular complexity index is 1070. The molecule has 1 atom stereocenters. The number of hydrogen-bond donors (Lipinski definition) is 1. The van der Waals surface area contributed by atoms with Gasteiger partial charge in [0.25, 0.3) is 0 Å². The topological polar surface area (TPSA) is 62.6 Å². The highest BCUT2D eigenvalue weighted by Crippen LogP contribution is 2.29. The lowest BCUT2D eigenvalue weighted by Gasteiger charge is -2.17. The fourth-order valence-corrected chi connectivity index (χ4v) is 3.92. The molecule has 0 aliphatic heterocycles. The number of fused-ring (bicyclic) bond motifs is 1. The molecule has 0 aliphatic carbocycles. The number of nitrogens with zero attached hydrogens (tertiary/aromatic N) is 1. The van der Waals surface area contributed by atoms with E-state index in [-0.39, 0.29) is 6.10 Å². The molecular weight excluding hydrogens is 388 g/mol. The fraction of sp³-hybridized carbons (Fsp3) is 0.308. The maximum absolute atomic E-state index is 6.07. The molecule has 0 bridgehead atoms. The first-order valence-corrected chi connectivity index (χ1v) is 10.9. The van der Waals surface area contributed by atoms with Crippen LogP contribution < -0.4 is 10.5 Å². The van der Waals surface area contributed by atoms with Crippen LogP contribution in [0.3, 0.4) is 0 Å². The highest BCUT2D eigenvalue weighted by atomic mass is 16.5. The van der Waals surface area contributed by atoms with Gasteiger partial charge in [0, 0.05) is 17.7 Å². The van der Waals surface area contributed by atoms with E-state index in [1.807, 2.05) is 37.3 Å². The monoisotopic (exact) mass is 418 g/mol. The molecule has 2 heterocycles. The van der Waals surface area contributed by atoms with Gasteiger partial charge in [-0.2, -0.15) is 0 Å². The Labute approximate surface area is 183 Å². The van der Waals surface area contributed by atoms with Crippen molar-refractivity contribution in [2.75, 3.05) is 19.8 Å². The molecule has 5 nitrogen and oxygen atoms in total. The van der Waals surface area contributed by atoms with Gasteiger partial charge in [0.2, 0.25) is 0 Å². The smallest absolute Gasteiger partial charge is 0.151 e. The first kappa shape index (κ1) is 21.2. The van der Waals surface area contributed by atoms with E-state index in [1.165, 1.54) is 5.69 Å². The van der Waals surface area contributed by atoms with Crippen molar-refractivity contribution in [3.8, 4) is 17.2 Å². The highest BCUT2D eigenvalue weighted by molar-refractivity contribution is 5.82. The van der Waals surface area contributed by atoms with Gasteiger partial charge in [-0.1, -0.05) is 30.3 Å². The molecule has 1 unspecified atom stereocenters. The third kappa shape index (κ3) is 4.84. The summed E-state index contributed by atoms with van der Waals surface area (Å²) < 4.78 is 20.1. The van der Waals surface area contributed by atoms with Crippen molar-refractivity contribution in [3.05, 3.63) is 78.0 Å². The molecule has 0 saturated heterocycles. The SMILES string of the molecule is CCOC(CCN)c1ccc(OCCn2c(C)ccc2-c2cc3ccccc3o2)cc1. The number of benzene rings is 2. The van der Waals surface area contributed by atoms with Gasteiger partial charge in [-0.3, -0.25) is 0 Å². The van der Waals surface area contributed by atoms with E-state index in [9.17, 15) is 0 Å². The Morgan fingerprint density at radius 3 is 2.58 bits per heavy atom. The highest BCUT2D eigenvalue weighted by Gasteiger charge is 2.13. The van der Waals surface area contributed by atoms with E-state index in [1.54, 1.807) is 0 Å². The number of ether oxygens (including phenoxy) is 2. The first-order chi connectivity index (χ1) is 15.2. The second kappa shape index (κ2) is 9.86. The van der Waals surface area contributed by atoms with Gasteiger partial charge in [0.05, 0.1) is 18.3 Å². The van der Waals surface area contributed by atoms with Gasteiger partial charge in [0.15, 0.2) is 5.76 Å². The molecular formula is C26H30N2O3. The number of nitrogens with two attached hydrogens (primary N) is 1. The van der Waals surface area contributed by atoms with E-state index < -0.39 is 0 Å². The largest absolute Gasteiger partial charge is 0.492 e. The van der Waals surface area contributed by atoms with Crippen LogP contribution >= 0.6 is 0 Å². The number of hydrogen-bond acceptors (Lipinski definition) is 4. The molecule has 5 heteroatoms. The summed E-state index contributed by atoms with van der Waals surface area (Å²) in [6.45, 7) is 6.69. The van der Waals surface area contributed by atoms with E-state index in [0.29, 0.717) is 19.8 Å². The van der Waals surface area contributed by atoms with Gasteiger partial charge in [-0.25, -0.2) is 0 Å². The number of furan rings is 1. The lowest BCUT2D eigenvalue weighted by molar-refractivity contribution is 0.0580. The summed E-state index contributed by atoms with van der Waals surface area (Å²) in [4.78, 5) is 0. The summed E-state index contributed by atoms with van der Waals surface area (Å²) in [6, 6.07) is 22.5. The Balaban J connectivity index is 1.42. The normalized spacial score (nSPS) is 12.4. The van der Waals surface area contributed by atoms with Gasteiger partial charge in [-0.05, 0) is 68.8 Å². The summed E-state index contributed by atoms with van der Waals surface area (Å²) >= 11 is 0. The lowest BCUT2D eigenvalue weighted by atomic mass is 10.1. The number of aromatic nitrogens is 1. The number of para-hydroxylation sites is 1. The van der Waals surface area contributed by atoms with E-state index in [4.69, 9.17) is 19.6 Å². The van der Waals surface area contributed by atoms with Crippen LogP contribution in [0.5, 0.6) is 5.75 Å². The minimum atomic E-state index is 0.0398. The fourth-order valence-electron chi connectivity index (χ4n) is 3.92. The zero-order valence-electron chi connectivity index (χ0n) is 18.2. The van der Waals surface area contributed by atoms with Crippen LogP contribution in [-0.2, 0) is 11.3 Å². The lowest BCUT2D eigenvalue weighted by Crippen LogP contribution is -2.11. The standard InChI is InChI=1S/C26H30N2O3/c1-3-29-24(14-15-27)20-9-11-22(12-10-20)30-17-16-28-19(2)8-13-23(28)26-18-21-6-4-5-7-25(21)31-26/h4-13,18,24H,3,14-17,27H2,1-2H3. The molecule has 2 aromatic heterocycles. The summed E-state index contributed by atoms with van der Waals surface area (Å²) in [7, 11) is 0. The molecule has 2 aromatic carbocycles. The van der Waals surface area contributed by atoms with Gasteiger partial charge in [0.1, 0.15) is 17.9 Å². The molecule has 4 rings (SSSR count). The van der Waals surface area contributed by atoms with Crippen LogP contribution in [0, 0.1) is 6.92 Å². The quantitative estimate of drug-likeness (QED) is 0.358. The molecule has 0 fully saturated rings. The zero-order valence-corrected chi connectivity index (χ0v) is 18.2. The van der Waals surface area contributed by atoms with Gasteiger partial charge >= 0.3 is 0 Å². The third-order valence-electron chi connectivity index (χ3n) is 5.51. The molecule has 0 saturated carbocycles. The predicted molar refractivity (Wildman–Crippen MR) is 124 cm³/mol. The van der Waals surface area contributed by atoms with Crippen molar-refractivity contribution in [2.45, 2.75) is 32.9 Å². The van der Waals surface area contributed by atoms with Crippen LogP contribution in [0.15, 0.2) is 71.1 Å². The molecule has 0 aliphatic rings. The van der Waals surface area contributed by atoms with Crippen LogP contribution in [0.1, 0.15) is 30.7 Å². The summed E-state index contributed by atoms with van der Waals surface area (Å²) in [6.07, 6.45) is 0.851. The minimum Gasteiger partial charge on any atom is -0.492 e. The molecule has 31 heavy (non-hydrogen) atoms. The molecule has 162 valence electrons. The summed E-state index contributed by atoms with van der Waals surface area (Å²) in [5.74, 6) is 1.72. The second-order valence-corrected chi connectivity index (χ2v) is 7.60. The Morgan fingerprint density at radius 2 is 1.84 bits per heavy atom. The number of rotatable bonds is 10. The third-order valence-corrected chi connectivity index (χ3v) is 5.51. The van der Waals surface area contributed by atoms with Crippen LogP contribution in [-0.4, -0.2) is 24.3 Å². The molecule has 0 radical (unpaired) electrons. The van der Waals surface area contributed by atoms with Crippen molar-refractivity contribution in [1.82, 2.24) is 4.57 Å². The Kier molecular flexibility index (Phi) is 6.75. The van der Waals surface area contributed by atoms with Crippen molar-refractivity contribution >= 4 is 11.0 Å². The average molecular weight is 419 g/mol. The van der Waals surface area contributed by atoms with Crippen molar-refractivity contribution in [2.24, 2.45) is 5.73 Å². The minimum absolute atomic E-state index is 0.0398. The molecule has 2 N–H and O–H groups in total. The Morgan fingerprint density at radius 1 is 1.03 bits per heavy atom.